The molecule has 1 fully saturated rings. The van der Waals surface area contributed by atoms with E-state index in [4.69, 9.17) is 16.3 Å². The number of nitrogens with one attached hydrogen (secondary N) is 1. The van der Waals surface area contributed by atoms with Gasteiger partial charge in [0.15, 0.2) is 0 Å². The second kappa shape index (κ2) is 10.0. The predicted octanol–water partition coefficient (Wildman–Crippen LogP) is 1.67. The number of morpholine rings is 1. The molecule has 7 heteroatoms. The van der Waals surface area contributed by atoms with Crippen molar-refractivity contribution >= 4 is 21.6 Å². The molecular weight excluding hydrogens is 312 g/mol. The van der Waals surface area contributed by atoms with Crippen LogP contribution in [0, 0.1) is 5.92 Å². The topological polar surface area (TPSA) is 58.6 Å². The van der Waals surface area contributed by atoms with Crippen molar-refractivity contribution in [3.05, 3.63) is 0 Å². The Hall–Kier alpha value is 0.120. The minimum absolute atomic E-state index is 0.164. The van der Waals surface area contributed by atoms with Gasteiger partial charge in [-0.3, -0.25) is 4.90 Å². The number of rotatable bonds is 10. The molecule has 0 aliphatic carbocycles. The maximum atomic E-state index is 12.0. The van der Waals surface area contributed by atoms with E-state index in [0.29, 0.717) is 24.8 Å². The highest BCUT2D eigenvalue weighted by Gasteiger charge is 2.23. The highest BCUT2D eigenvalue weighted by molar-refractivity contribution is 7.89. The zero-order valence-electron chi connectivity index (χ0n) is 13.2. The molecule has 0 bridgehead atoms. The Morgan fingerprint density at radius 3 is 2.48 bits per heavy atom. The highest BCUT2D eigenvalue weighted by atomic mass is 35.5. The Morgan fingerprint density at radius 2 is 1.90 bits per heavy atom. The molecule has 5 nitrogen and oxygen atoms in total. The maximum absolute atomic E-state index is 12.0. The monoisotopic (exact) mass is 340 g/mol. The van der Waals surface area contributed by atoms with E-state index in [2.05, 4.69) is 23.5 Å². The summed E-state index contributed by atoms with van der Waals surface area (Å²) >= 11 is 5.58. The summed E-state index contributed by atoms with van der Waals surface area (Å²) in [4.78, 5) is 2.34. The van der Waals surface area contributed by atoms with Crippen LogP contribution in [0.3, 0.4) is 0 Å². The molecule has 1 atom stereocenters. The normalized spacial score (nSPS) is 19.0. The molecule has 1 rings (SSSR count). The molecule has 21 heavy (non-hydrogen) atoms. The summed E-state index contributed by atoms with van der Waals surface area (Å²) in [5, 5.41) is 0. The average molecular weight is 341 g/mol. The number of hydrogen-bond acceptors (Lipinski definition) is 4. The van der Waals surface area contributed by atoms with Crippen molar-refractivity contribution in [3.63, 3.8) is 0 Å². The lowest BCUT2D eigenvalue weighted by atomic mass is 10.0. The quantitative estimate of drug-likeness (QED) is 0.485. The first-order chi connectivity index (χ1) is 9.94. The second-order valence-corrected chi connectivity index (χ2v) is 8.30. The summed E-state index contributed by atoms with van der Waals surface area (Å²) in [5.41, 5.74) is 0. The molecule has 1 saturated heterocycles. The van der Waals surface area contributed by atoms with Gasteiger partial charge < -0.3 is 4.74 Å². The zero-order chi connectivity index (χ0) is 15.7. The van der Waals surface area contributed by atoms with Crippen molar-refractivity contribution in [2.45, 2.75) is 39.2 Å². The molecule has 0 aromatic heterocycles. The number of alkyl halides is 1. The Balaban J connectivity index is 2.47. The van der Waals surface area contributed by atoms with Crippen LogP contribution in [0.25, 0.3) is 0 Å². The van der Waals surface area contributed by atoms with Gasteiger partial charge in [0.2, 0.25) is 10.0 Å². The van der Waals surface area contributed by atoms with Gasteiger partial charge in [-0.25, -0.2) is 13.1 Å². The Labute approximate surface area is 134 Å². The Bertz CT molecular complexity index is 370. The number of sulfonamides is 1. The van der Waals surface area contributed by atoms with Crippen molar-refractivity contribution in [3.8, 4) is 0 Å². The van der Waals surface area contributed by atoms with E-state index in [1.165, 1.54) is 0 Å². The lowest BCUT2D eigenvalue weighted by molar-refractivity contribution is 0.0134. The van der Waals surface area contributed by atoms with Crippen LogP contribution >= 0.6 is 11.6 Å². The molecule has 0 spiro atoms. The van der Waals surface area contributed by atoms with E-state index >= 15 is 0 Å². The number of halogens is 1. The third-order valence-corrected chi connectivity index (χ3v) is 5.34. The number of unbranched alkanes of at least 4 members (excludes halogenated alkanes) is 1. The molecule has 126 valence electrons. The van der Waals surface area contributed by atoms with Gasteiger partial charge in [0.05, 0.1) is 19.0 Å². The van der Waals surface area contributed by atoms with Crippen molar-refractivity contribution in [2.75, 3.05) is 44.5 Å². The molecule has 0 amide bonds. The largest absolute Gasteiger partial charge is 0.379 e. The van der Waals surface area contributed by atoms with Gasteiger partial charge in [-0.05, 0) is 25.2 Å². The molecular formula is C14H29ClN2O3S. The lowest BCUT2D eigenvalue weighted by Crippen LogP contribution is -2.49. The smallest absolute Gasteiger partial charge is 0.211 e. The van der Waals surface area contributed by atoms with E-state index in [-0.39, 0.29) is 11.8 Å². The Morgan fingerprint density at radius 1 is 1.24 bits per heavy atom. The van der Waals surface area contributed by atoms with E-state index in [9.17, 15) is 8.42 Å². The van der Waals surface area contributed by atoms with Gasteiger partial charge in [0.1, 0.15) is 0 Å². The second-order valence-electron chi connectivity index (χ2n) is 6.00. The van der Waals surface area contributed by atoms with Crippen LogP contribution in [0.15, 0.2) is 0 Å². The summed E-state index contributed by atoms with van der Waals surface area (Å²) in [6.07, 6.45) is 2.34. The van der Waals surface area contributed by atoms with Gasteiger partial charge in [0, 0.05) is 31.6 Å². The fraction of sp³-hybridized carbons (Fsp3) is 1.00. The number of nitrogens with zero attached hydrogens (tertiary/aromatic N) is 1. The average Bonchev–Trinajstić information content (AvgIpc) is 2.44. The third kappa shape index (κ3) is 8.35. The molecule has 1 aliphatic heterocycles. The predicted molar refractivity (Wildman–Crippen MR) is 87.4 cm³/mol. The van der Waals surface area contributed by atoms with Gasteiger partial charge in [-0.2, -0.15) is 0 Å². The molecule has 0 aromatic carbocycles. The van der Waals surface area contributed by atoms with Crippen LogP contribution in [0.2, 0.25) is 0 Å². The Kier molecular flexibility index (Phi) is 9.13. The fourth-order valence-corrected chi connectivity index (χ4v) is 3.89. The van der Waals surface area contributed by atoms with Crippen LogP contribution < -0.4 is 4.72 Å². The summed E-state index contributed by atoms with van der Waals surface area (Å²) in [5.74, 6) is 1.22. The van der Waals surface area contributed by atoms with Crippen LogP contribution in [0.5, 0.6) is 0 Å². The van der Waals surface area contributed by atoms with Crippen molar-refractivity contribution in [2.24, 2.45) is 5.92 Å². The van der Waals surface area contributed by atoms with Crippen LogP contribution in [-0.2, 0) is 14.8 Å². The summed E-state index contributed by atoms with van der Waals surface area (Å²) in [6.45, 7) is 8.05. The molecule has 1 aliphatic rings. The third-order valence-electron chi connectivity index (χ3n) is 3.64. The standard InChI is InChI=1S/C14H29ClN2O3S/c1-13(2)11-14(17-6-8-20-9-7-17)12-16-21(18,19)10-4-3-5-15/h13-14,16H,3-12H2,1-2H3. The maximum Gasteiger partial charge on any atom is 0.211 e. The van der Waals surface area contributed by atoms with Gasteiger partial charge in [-0.15, -0.1) is 11.6 Å². The van der Waals surface area contributed by atoms with Crippen molar-refractivity contribution in [1.82, 2.24) is 9.62 Å². The summed E-state index contributed by atoms with van der Waals surface area (Å²) < 4.78 is 32.1. The van der Waals surface area contributed by atoms with E-state index in [0.717, 1.165) is 39.1 Å². The van der Waals surface area contributed by atoms with Gasteiger partial charge in [0.25, 0.3) is 0 Å². The van der Waals surface area contributed by atoms with Crippen LogP contribution in [0.4, 0.5) is 0 Å². The van der Waals surface area contributed by atoms with Gasteiger partial charge in [-0.1, -0.05) is 13.8 Å². The highest BCUT2D eigenvalue weighted by Crippen LogP contribution is 2.13. The molecule has 0 aromatic rings. The molecule has 0 saturated carbocycles. The van der Waals surface area contributed by atoms with E-state index in [1.807, 2.05) is 0 Å². The molecule has 1 unspecified atom stereocenters. The minimum Gasteiger partial charge on any atom is -0.379 e. The summed E-state index contributed by atoms with van der Waals surface area (Å²) in [7, 11) is -3.19. The lowest BCUT2D eigenvalue weighted by Gasteiger charge is -2.35. The van der Waals surface area contributed by atoms with E-state index in [1.54, 1.807) is 0 Å². The minimum atomic E-state index is -3.19. The number of ether oxygens (including phenoxy) is 1. The van der Waals surface area contributed by atoms with Crippen molar-refractivity contribution in [1.29, 1.82) is 0 Å². The first-order valence-electron chi connectivity index (χ1n) is 7.79. The number of hydrogen-bond donors (Lipinski definition) is 1. The van der Waals surface area contributed by atoms with E-state index < -0.39 is 10.0 Å². The SMILES string of the molecule is CC(C)CC(CNS(=O)(=O)CCCCCl)N1CCOCC1. The molecule has 1 heterocycles. The molecule has 1 N–H and O–H groups in total. The van der Waals surface area contributed by atoms with Crippen LogP contribution in [0.1, 0.15) is 33.1 Å². The van der Waals surface area contributed by atoms with Crippen LogP contribution in [-0.4, -0.2) is 63.8 Å². The zero-order valence-corrected chi connectivity index (χ0v) is 14.8. The van der Waals surface area contributed by atoms with Gasteiger partial charge >= 0.3 is 0 Å². The van der Waals surface area contributed by atoms with Crippen molar-refractivity contribution < 1.29 is 13.2 Å². The first kappa shape index (κ1) is 19.2. The fourth-order valence-electron chi connectivity index (χ4n) is 2.53. The summed E-state index contributed by atoms with van der Waals surface area (Å²) in [6, 6.07) is 0.247. The molecule has 0 radical (unpaired) electrons. The first-order valence-corrected chi connectivity index (χ1v) is 9.98.